The van der Waals surface area contributed by atoms with E-state index < -0.39 is 12.0 Å². The highest BCUT2D eigenvalue weighted by molar-refractivity contribution is 5.74. The molecule has 1 aromatic heterocycles. The highest BCUT2D eigenvalue weighted by Crippen LogP contribution is 2.13. The van der Waals surface area contributed by atoms with Gasteiger partial charge in [0.2, 0.25) is 0 Å². The van der Waals surface area contributed by atoms with Gasteiger partial charge in [-0.15, -0.1) is 0 Å². The lowest BCUT2D eigenvalue weighted by atomic mass is 10.2. The van der Waals surface area contributed by atoms with Crippen molar-refractivity contribution in [3.05, 3.63) is 28.7 Å². The molecule has 0 aliphatic carbocycles. The number of nitrogens with zero attached hydrogens (tertiary/aromatic N) is 5. The van der Waals surface area contributed by atoms with Gasteiger partial charge < -0.3 is 9.67 Å². The summed E-state index contributed by atoms with van der Waals surface area (Å²) in [7, 11) is 0. The van der Waals surface area contributed by atoms with Crippen LogP contribution in [-0.4, -0.2) is 33.7 Å². The maximum Gasteiger partial charge on any atom is 0.326 e. The largest absolute Gasteiger partial charge is 0.480 e. The van der Waals surface area contributed by atoms with Crippen molar-refractivity contribution in [3.63, 3.8) is 0 Å². The third kappa shape index (κ3) is 3.76. The zero-order chi connectivity index (χ0) is 13.4. The van der Waals surface area contributed by atoms with E-state index in [4.69, 9.17) is 5.53 Å². The summed E-state index contributed by atoms with van der Waals surface area (Å²) in [6.45, 7) is 3.24. The number of hydrogen-bond donors (Lipinski definition) is 2. The van der Waals surface area contributed by atoms with Gasteiger partial charge in [0.05, 0.1) is 18.2 Å². The molecule has 0 aliphatic rings. The normalized spacial score (nSPS) is 11.8. The van der Waals surface area contributed by atoms with E-state index >= 15 is 0 Å². The summed E-state index contributed by atoms with van der Waals surface area (Å²) in [6.07, 6.45) is 4.05. The van der Waals surface area contributed by atoms with Crippen molar-refractivity contribution in [2.24, 2.45) is 5.11 Å². The Morgan fingerprint density at radius 3 is 3.17 bits per heavy atom. The van der Waals surface area contributed by atoms with Crippen LogP contribution in [0.1, 0.15) is 25.1 Å². The quantitative estimate of drug-likeness (QED) is 0.314. The fourth-order valence-corrected chi connectivity index (χ4v) is 1.62. The van der Waals surface area contributed by atoms with Crippen molar-refractivity contribution in [3.8, 4) is 0 Å². The molecular formula is C10H16N6O2. The molecule has 8 nitrogen and oxygen atoms in total. The van der Waals surface area contributed by atoms with Crippen LogP contribution < -0.4 is 5.32 Å². The Morgan fingerprint density at radius 1 is 1.78 bits per heavy atom. The molecule has 0 bridgehead atoms. The number of imidazole rings is 1. The second-order valence-corrected chi connectivity index (χ2v) is 3.69. The maximum absolute atomic E-state index is 11.2. The third-order valence-electron chi connectivity index (χ3n) is 2.38. The summed E-state index contributed by atoms with van der Waals surface area (Å²) >= 11 is 0. The van der Waals surface area contributed by atoms with Crippen LogP contribution in [-0.2, 0) is 11.3 Å². The predicted octanol–water partition coefficient (Wildman–Crippen LogP) is 1.32. The first-order valence-electron chi connectivity index (χ1n) is 5.67. The van der Waals surface area contributed by atoms with Gasteiger partial charge in [0.15, 0.2) is 0 Å². The molecule has 0 spiro atoms. The summed E-state index contributed by atoms with van der Waals surface area (Å²) in [6, 6.07) is -0.840. The van der Waals surface area contributed by atoms with Crippen molar-refractivity contribution in [1.29, 1.82) is 0 Å². The highest BCUT2D eigenvalue weighted by Gasteiger charge is 2.22. The SMILES string of the molecule is CCCn1cncc1C(NCCN=[N+]=[N-])C(=O)O. The van der Waals surface area contributed by atoms with Crippen LogP contribution in [0, 0.1) is 0 Å². The number of rotatable bonds is 8. The van der Waals surface area contributed by atoms with Crippen molar-refractivity contribution in [2.45, 2.75) is 25.9 Å². The van der Waals surface area contributed by atoms with Crippen LogP contribution in [0.5, 0.6) is 0 Å². The van der Waals surface area contributed by atoms with Crippen LogP contribution >= 0.6 is 0 Å². The molecule has 8 heteroatoms. The molecule has 98 valence electrons. The Labute approximate surface area is 104 Å². The van der Waals surface area contributed by atoms with Crippen LogP contribution in [0.4, 0.5) is 0 Å². The van der Waals surface area contributed by atoms with Crippen molar-refractivity contribution >= 4 is 5.97 Å². The topological polar surface area (TPSA) is 116 Å². The fraction of sp³-hybridized carbons (Fsp3) is 0.600. The third-order valence-corrected chi connectivity index (χ3v) is 2.38. The zero-order valence-corrected chi connectivity index (χ0v) is 10.2. The van der Waals surface area contributed by atoms with Crippen LogP contribution in [0.25, 0.3) is 10.4 Å². The Kier molecular flexibility index (Phi) is 5.69. The Bertz CT molecular complexity index is 437. The lowest BCUT2D eigenvalue weighted by Crippen LogP contribution is -2.32. The zero-order valence-electron chi connectivity index (χ0n) is 10.2. The molecule has 1 unspecified atom stereocenters. The van der Waals surface area contributed by atoms with Gasteiger partial charge in [-0.3, -0.25) is 10.1 Å². The number of aromatic nitrogens is 2. The molecule has 0 saturated heterocycles. The molecule has 2 N–H and O–H groups in total. The molecule has 1 atom stereocenters. The van der Waals surface area contributed by atoms with Gasteiger partial charge in [0.1, 0.15) is 6.04 Å². The van der Waals surface area contributed by atoms with Gasteiger partial charge in [-0.25, -0.2) is 4.98 Å². The number of carboxylic acid groups (broad SMARTS) is 1. The van der Waals surface area contributed by atoms with Gasteiger partial charge in [-0.05, 0) is 12.0 Å². The van der Waals surface area contributed by atoms with Crippen LogP contribution in [0.3, 0.4) is 0 Å². The number of aliphatic carboxylic acids is 1. The summed E-state index contributed by atoms with van der Waals surface area (Å²) in [5.74, 6) is -0.978. The van der Waals surface area contributed by atoms with E-state index in [9.17, 15) is 9.90 Å². The van der Waals surface area contributed by atoms with Gasteiger partial charge in [0.25, 0.3) is 0 Å². The minimum absolute atomic E-state index is 0.211. The number of carbonyl (C=O) groups is 1. The number of hydrogen-bond acceptors (Lipinski definition) is 4. The Morgan fingerprint density at radius 2 is 2.56 bits per heavy atom. The average Bonchev–Trinajstić information content (AvgIpc) is 2.77. The van der Waals surface area contributed by atoms with E-state index in [-0.39, 0.29) is 6.54 Å². The molecule has 0 saturated carbocycles. The molecule has 0 aromatic carbocycles. The van der Waals surface area contributed by atoms with Gasteiger partial charge in [0, 0.05) is 24.5 Å². The Balaban J connectivity index is 2.74. The molecule has 18 heavy (non-hydrogen) atoms. The lowest BCUT2D eigenvalue weighted by molar-refractivity contribution is -0.139. The monoisotopic (exact) mass is 252 g/mol. The van der Waals surface area contributed by atoms with Gasteiger partial charge >= 0.3 is 5.97 Å². The molecule has 1 heterocycles. The molecule has 0 amide bonds. The first kappa shape index (κ1) is 14.0. The highest BCUT2D eigenvalue weighted by atomic mass is 16.4. The van der Waals surface area contributed by atoms with Crippen molar-refractivity contribution in [2.75, 3.05) is 13.1 Å². The number of azide groups is 1. The smallest absolute Gasteiger partial charge is 0.326 e. The molecule has 0 radical (unpaired) electrons. The van der Waals surface area contributed by atoms with E-state index in [1.165, 1.54) is 6.20 Å². The van der Waals surface area contributed by atoms with Crippen molar-refractivity contribution < 1.29 is 9.90 Å². The fourth-order valence-electron chi connectivity index (χ4n) is 1.62. The van der Waals surface area contributed by atoms with E-state index in [0.29, 0.717) is 12.2 Å². The molecule has 0 fully saturated rings. The minimum atomic E-state index is -0.978. The van der Waals surface area contributed by atoms with E-state index in [1.807, 2.05) is 6.92 Å². The number of carboxylic acids is 1. The van der Waals surface area contributed by atoms with E-state index in [2.05, 4.69) is 20.3 Å². The van der Waals surface area contributed by atoms with Gasteiger partial charge in [-0.1, -0.05) is 12.0 Å². The second-order valence-electron chi connectivity index (χ2n) is 3.69. The molecule has 1 rings (SSSR count). The van der Waals surface area contributed by atoms with Gasteiger partial charge in [-0.2, -0.15) is 0 Å². The Hall–Kier alpha value is -2.05. The number of nitrogens with one attached hydrogen (secondary N) is 1. The molecule has 0 aliphatic heterocycles. The van der Waals surface area contributed by atoms with E-state index in [1.54, 1.807) is 10.9 Å². The molecular weight excluding hydrogens is 236 g/mol. The minimum Gasteiger partial charge on any atom is -0.480 e. The van der Waals surface area contributed by atoms with E-state index in [0.717, 1.165) is 13.0 Å². The average molecular weight is 252 g/mol. The van der Waals surface area contributed by atoms with Crippen molar-refractivity contribution in [1.82, 2.24) is 14.9 Å². The molecule has 1 aromatic rings. The first-order valence-corrected chi connectivity index (χ1v) is 5.67. The first-order chi connectivity index (χ1) is 8.70. The maximum atomic E-state index is 11.2. The summed E-state index contributed by atoms with van der Waals surface area (Å²) in [5, 5.41) is 15.4. The summed E-state index contributed by atoms with van der Waals surface area (Å²) < 4.78 is 1.80. The summed E-state index contributed by atoms with van der Waals surface area (Å²) in [5.41, 5.74) is 8.74. The standard InChI is InChI=1S/C10H16N6O2/c1-2-5-16-7-12-6-8(16)9(10(17)18)13-3-4-14-15-11/h6-7,9,13H,2-5H2,1H3,(H,17,18). The summed E-state index contributed by atoms with van der Waals surface area (Å²) in [4.78, 5) is 17.8. The van der Waals surface area contributed by atoms with Crippen LogP contribution in [0.15, 0.2) is 17.6 Å². The predicted molar refractivity (Wildman–Crippen MR) is 64.9 cm³/mol. The second kappa shape index (κ2) is 7.31. The van der Waals surface area contributed by atoms with Crippen LogP contribution in [0.2, 0.25) is 0 Å². The lowest BCUT2D eigenvalue weighted by Gasteiger charge is -2.15. The number of aryl methyl sites for hydroxylation is 1.